The lowest BCUT2D eigenvalue weighted by Crippen LogP contribution is -2.47. The fraction of sp³-hybridized carbons (Fsp3) is 0.583. The molecule has 1 aromatic heterocycles. The molecule has 1 heterocycles. The van der Waals surface area contributed by atoms with E-state index in [0.29, 0.717) is 18.6 Å². The summed E-state index contributed by atoms with van der Waals surface area (Å²) in [6.07, 6.45) is 2.04. The number of aromatic nitrogens is 1. The number of carbonyl (C=O) groups is 2. The first-order valence-electron chi connectivity index (χ1n) is 5.91. The average molecular weight is 252 g/mol. The Hall–Kier alpha value is -1.85. The molecule has 1 amide bonds. The van der Waals surface area contributed by atoms with Crippen molar-refractivity contribution in [1.82, 2.24) is 10.5 Å². The number of nitrogens with zero attached hydrogens (tertiary/aromatic N) is 1. The van der Waals surface area contributed by atoms with Gasteiger partial charge in [0.15, 0.2) is 5.69 Å². The highest BCUT2D eigenvalue weighted by Gasteiger charge is 2.46. The van der Waals surface area contributed by atoms with Crippen LogP contribution in [0, 0.1) is 12.3 Å². The van der Waals surface area contributed by atoms with Crippen molar-refractivity contribution in [1.29, 1.82) is 0 Å². The Morgan fingerprint density at radius 2 is 2.33 bits per heavy atom. The van der Waals surface area contributed by atoms with E-state index in [1.54, 1.807) is 13.8 Å². The number of hydrogen-bond acceptors (Lipinski definition) is 4. The quantitative estimate of drug-likeness (QED) is 0.847. The largest absolute Gasteiger partial charge is 0.481 e. The van der Waals surface area contributed by atoms with Crippen LogP contribution in [0.2, 0.25) is 0 Å². The van der Waals surface area contributed by atoms with Crippen molar-refractivity contribution in [2.45, 2.75) is 39.2 Å². The van der Waals surface area contributed by atoms with E-state index in [4.69, 9.17) is 4.52 Å². The van der Waals surface area contributed by atoms with Crippen molar-refractivity contribution in [3.05, 3.63) is 17.5 Å². The summed E-state index contributed by atoms with van der Waals surface area (Å²) in [7, 11) is 0. The molecule has 1 saturated carbocycles. The molecule has 1 fully saturated rings. The van der Waals surface area contributed by atoms with Crippen molar-refractivity contribution in [3.63, 3.8) is 0 Å². The van der Waals surface area contributed by atoms with Gasteiger partial charge >= 0.3 is 5.97 Å². The van der Waals surface area contributed by atoms with E-state index >= 15 is 0 Å². The minimum Gasteiger partial charge on any atom is -0.481 e. The van der Waals surface area contributed by atoms with Crippen LogP contribution < -0.4 is 5.32 Å². The molecule has 0 spiro atoms. The molecule has 1 aliphatic rings. The Bertz CT molecular complexity index is 482. The summed E-state index contributed by atoms with van der Waals surface area (Å²) in [5.41, 5.74) is -0.707. The van der Waals surface area contributed by atoms with E-state index in [0.717, 1.165) is 6.42 Å². The number of carboxylic acids is 1. The SMILES string of the molecule is Cc1cc(C(=O)NC2CCCC2(C)C(=O)O)no1. The maximum Gasteiger partial charge on any atom is 0.311 e. The van der Waals surface area contributed by atoms with Gasteiger partial charge in [-0.25, -0.2) is 0 Å². The molecular formula is C12H16N2O4. The zero-order chi connectivity index (χ0) is 13.3. The number of amides is 1. The topological polar surface area (TPSA) is 92.4 Å². The van der Waals surface area contributed by atoms with E-state index in [1.165, 1.54) is 6.07 Å². The number of aliphatic carboxylic acids is 1. The molecular weight excluding hydrogens is 236 g/mol. The van der Waals surface area contributed by atoms with Gasteiger partial charge in [-0.3, -0.25) is 9.59 Å². The van der Waals surface area contributed by atoms with Crippen LogP contribution in [0.1, 0.15) is 42.4 Å². The fourth-order valence-corrected chi connectivity index (χ4v) is 2.36. The molecule has 2 N–H and O–H groups in total. The number of nitrogens with one attached hydrogen (secondary N) is 1. The molecule has 6 nitrogen and oxygen atoms in total. The molecule has 2 atom stereocenters. The molecule has 2 unspecified atom stereocenters. The number of aryl methyl sites for hydroxylation is 1. The first kappa shape index (κ1) is 12.6. The standard InChI is InChI=1S/C12H16N2O4/c1-7-6-8(14-18-7)10(15)13-9-4-3-5-12(9,2)11(16)17/h6,9H,3-5H2,1-2H3,(H,13,15)(H,16,17). The van der Waals surface area contributed by atoms with Crippen LogP contribution in [0.15, 0.2) is 10.6 Å². The number of rotatable bonds is 3. The third-order valence-electron chi connectivity index (χ3n) is 3.61. The van der Waals surface area contributed by atoms with Gasteiger partial charge in [0.2, 0.25) is 0 Å². The summed E-state index contributed by atoms with van der Waals surface area (Å²) in [6, 6.07) is 1.17. The van der Waals surface area contributed by atoms with E-state index in [1.807, 2.05) is 0 Å². The second-order valence-corrected chi connectivity index (χ2v) is 4.96. The van der Waals surface area contributed by atoms with Gasteiger partial charge in [0.05, 0.1) is 5.41 Å². The molecule has 1 aromatic rings. The van der Waals surface area contributed by atoms with E-state index < -0.39 is 11.4 Å². The van der Waals surface area contributed by atoms with Gasteiger partial charge in [-0.1, -0.05) is 11.6 Å². The van der Waals surface area contributed by atoms with Gasteiger partial charge in [0, 0.05) is 12.1 Å². The van der Waals surface area contributed by atoms with Crippen molar-refractivity contribution in [3.8, 4) is 0 Å². The zero-order valence-electron chi connectivity index (χ0n) is 10.4. The highest BCUT2D eigenvalue weighted by atomic mass is 16.5. The number of carbonyl (C=O) groups excluding carboxylic acids is 1. The van der Waals surface area contributed by atoms with E-state index in [9.17, 15) is 14.7 Å². The van der Waals surface area contributed by atoms with Gasteiger partial charge in [-0.15, -0.1) is 0 Å². The predicted octanol–water partition coefficient (Wildman–Crippen LogP) is 1.36. The van der Waals surface area contributed by atoms with Gasteiger partial charge in [-0.05, 0) is 26.7 Å². The average Bonchev–Trinajstić information content (AvgIpc) is 2.87. The normalized spacial score (nSPS) is 27.1. The van der Waals surface area contributed by atoms with Gasteiger partial charge in [0.1, 0.15) is 5.76 Å². The van der Waals surface area contributed by atoms with Crippen LogP contribution in [-0.4, -0.2) is 28.2 Å². The summed E-state index contributed by atoms with van der Waals surface area (Å²) in [5, 5.41) is 15.6. The first-order valence-corrected chi connectivity index (χ1v) is 5.91. The fourth-order valence-electron chi connectivity index (χ4n) is 2.36. The Morgan fingerprint density at radius 3 is 2.89 bits per heavy atom. The third-order valence-corrected chi connectivity index (χ3v) is 3.61. The molecule has 6 heteroatoms. The molecule has 1 aliphatic carbocycles. The molecule has 18 heavy (non-hydrogen) atoms. The van der Waals surface area contributed by atoms with E-state index in [-0.39, 0.29) is 17.6 Å². The lowest BCUT2D eigenvalue weighted by molar-refractivity contribution is -0.148. The Kier molecular flexibility index (Phi) is 3.11. The van der Waals surface area contributed by atoms with Crippen LogP contribution in [0.3, 0.4) is 0 Å². The summed E-state index contributed by atoms with van der Waals surface area (Å²) in [6.45, 7) is 3.36. The summed E-state index contributed by atoms with van der Waals surface area (Å²) in [4.78, 5) is 23.2. The molecule has 0 saturated heterocycles. The minimum atomic E-state index is -0.894. The van der Waals surface area contributed by atoms with Crippen LogP contribution in [-0.2, 0) is 4.79 Å². The summed E-state index contributed by atoms with van der Waals surface area (Å²) < 4.78 is 4.82. The summed E-state index contributed by atoms with van der Waals surface area (Å²) in [5.74, 6) is -0.708. The highest BCUT2D eigenvalue weighted by Crippen LogP contribution is 2.38. The van der Waals surface area contributed by atoms with Crippen molar-refractivity contribution >= 4 is 11.9 Å². The van der Waals surface area contributed by atoms with Crippen LogP contribution in [0.25, 0.3) is 0 Å². The number of hydrogen-bond donors (Lipinski definition) is 2. The smallest absolute Gasteiger partial charge is 0.311 e. The molecule has 2 rings (SSSR count). The van der Waals surface area contributed by atoms with Crippen LogP contribution >= 0.6 is 0 Å². The maximum atomic E-state index is 11.9. The zero-order valence-corrected chi connectivity index (χ0v) is 10.4. The van der Waals surface area contributed by atoms with E-state index in [2.05, 4.69) is 10.5 Å². The molecule has 0 aliphatic heterocycles. The molecule has 98 valence electrons. The van der Waals surface area contributed by atoms with Crippen molar-refractivity contribution in [2.24, 2.45) is 5.41 Å². The van der Waals surface area contributed by atoms with Crippen molar-refractivity contribution in [2.75, 3.05) is 0 Å². The van der Waals surface area contributed by atoms with Crippen LogP contribution in [0.5, 0.6) is 0 Å². The second kappa shape index (κ2) is 4.44. The number of carboxylic acid groups (broad SMARTS) is 1. The third kappa shape index (κ3) is 2.10. The molecule has 0 aromatic carbocycles. The summed E-state index contributed by atoms with van der Waals surface area (Å²) >= 11 is 0. The lowest BCUT2D eigenvalue weighted by atomic mass is 9.85. The predicted molar refractivity (Wildman–Crippen MR) is 62.1 cm³/mol. The van der Waals surface area contributed by atoms with Crippen molar-refractivity contribution < 1.29 is 19.2 Å². The highest BCUT2D eigenvalue weighted by molar-refractivity contribution is 5.93. The minimum absolute atomic E-state index is 0.187. The maximum absolute atomic E-state index is 11.9. The molecule has 0 radical (unpaired) electrons. The van der Waals surface area contributed by atoms with Gasteiger partial charge in [-0.2, -0.15) is 0 Å². The van der Waals surface area contributed by atoms with Gasteiger partial charge in [0.25, 0.3) is 5.91 Å². The van der Waals surface area contributed by atoms with Crippen LogP contribution in [0.4, 0.5) is 0 Å². The Labute approximate surface area is 104 Å². The lowest BCUT2D eigenvalue weighted by Gasteiger charge is -2.27. The Morgan fingerprint density at radius 1 is 1.61 bits per heavy atom. The van der Waals surface area contributed by atoms with Gasteiger partial charge < -0.3 is 14.9 Å². The monoisotopic (exact) mass is 252 g/mol. The molecule has 0 bridgehead atoms. The Balaban J connectivity index is 2.10. The first-order chi connectivity index (χ1) is 8.43. The second-order valence-electron chi connectivity index (χ2n) is 4.96.